The van der Waals surface area contributed by atoms with Gasteiger partial charge in [0.05, 0.1) is 24.6 Å². The van der Waals surface area contributed by atoms with Crippen molar-refractivity contribution in [1.29, 1.82) is 0 Å². The van der Waals surface area contributed by atoms with Crippen molar-refractivity contribution in [2.24, 2.45) is 11.7 Å². The summed E-state index contributed by atoms with van der Waals surface area (Å²) < 4.78 is 25.1. The van der Waals surface area contributed by atoms with Gasteiger partial charge in [-0.15, -0.1) is 10.2 Å². The van der Waals surface area contributed by atoms with E-state index in [0.717, 1.165) is 29.6 Å². The third-order valence-corrected chi connectivity index (χ3v) is 7.08. The van der Waals surface area contributed by atoms with E-state index in [0.29, 0.717) is 24.6 Å². The Hall–Kier alpha value is -1.38. The van der Waals surface area contributed by atoms with Gasteiger partial charge in [0.2, 0.25) is 0 Å². The van der Waals surface area contributed by atoms with Crippen molar-refractivity contribution in [3.05, 3.63) is 41.7 Å². The zero-order valence-electron chi connectivity index (χ0n) is 13.5. The minimum absolute atomic E-state index is 0.280. The summed E-state index contributed by atoms with van der Waals surface area (Å²) in [5.74, 6) is 2.56. The summed E-state index contributed by atoms with van der Waals surface area (Å²) in [5.41, 5.74) is 6.95. The number of nitrogens with zero attached hydrogens (tertiary/aromatic N) is 3. The number of nitrogens with two attached hydrogens (primary N) is 1. The summed E-state index contributed by atoms with van der Waals surface area (Å²) in [5, 5.41) is 9.28. The fourth-order valence-corrected chi connectivity index (χ4v) is 5.89. The summed E-state index contributed by atoms with van der Waals surface area (Å²) in [6.45, 7) is 1.04. The molecule has 1 saturated heterocycles. The molecule has 1 aliphatic heterocycles. The van der Waals surface area contributed by atoms with Crippen LogP contribution in [0.25, 0.3) is 0 Å². The van der Waals surface area contributed by atoms with E-state index >= 15 is 0 Å². The molecule has 0 radical (unpaired) electrons. The SMILES string of the molecule is NCc1nnc(SCCC2CCS(=O)(=O)C2)n1Cc1ccccc1. The van der Waals surface area contributed by atoms with E-state index < -0.39 is 9.84 Å². The Kier molecular flexibility index (Phi) is 5.57. The van der Waals surface area contributed by atoms with Crippen molar-refractivity contribution >= 4 is 21.6 Å². The Labute approximate surface area is 146 Å². The summed E-state index contributed by atoms with van der Waals surface area (Å²) in [6, 6.07) is 10.1. The maximum atomic E-state index is 11.5. The molecular formula is C16H22N4O2S2. The standard InChI is InChI=1S/C16H22N4O2S2/c17-10-15-18-19-16(20(15)11-13-4-2-1-3-5-13)23-8-6-14-7-9-24(21,22)12-14/h1-5,14H,6-12,17H2. The van der Waals surface area contributed by atoms with E-state index in [1.54, 1.807) is 11.8 Å². The molecule has 130 valence electrons. The molecule has 1 aliphatic rings. The number of sulfone groups is 1. The first-order valence-corrected chi connectivity index (χ1v) is 10.9. The van der Waals surface area contributed by atoms with Crippen LogP contribution in [0.1, 0.15) is 24.2 Å². The molecule has 1 unspecified atom stereocenters. The van der Waals surface area contributed by atoms with Crippen LogP contribution < -0.4 is 5.73 Å². The van der Waals surface area contributed by atoms with Gasteiger partial charge in [0.1, 0.15) is 5.82 Å². The second-order valence-corrected chi connectivity index (χ2v) is 9.37. The molecule has 6 nitrogen and oxygen atoms in total. The molecule has 2 heterocycles. The Morgan fingerprint density at radius 1 is 1.25 bits per heavy atom. The molecule has 1 aromatic heterocycles. The lowest BCUT2D eigenvalue weighted by Gasteiger charge is -2.10. The first-order valence-electron chi connectivity index (χ1n) is 8.06. The van der Waals surface area contributed by atoms with Gasteiger partial charge in [-0.3, -0.25) is 0 Å². The molecule has 0 amide bonds. The second-order valence-electron chi connectivity index (χ2n) is 6.08. The van der Waals surface area contributed by atoms with Crippen LogP contribution in [0, 0.1) is 5.92 Å². The minimum atomic E-state index is -2.80. The van der Waals surface area contributed by atoms with Crippen LogP contribution in [0.5, 0.6) is 0 Å². The lowest BCUT2D eigenvalue weighted by Crippen LogP contribution is -2.11. The Balaban J connectivity index is 1.62. The third-order valence-electron chi connectivity index (χ3n) is 4.24. The van der Waals surface area contributed by atoms with E-state index in [2.05, 4.69) is 22.3 Å². The molecule has 24 heavy (non-hydrogen) atoms. The number of hydrogen-bond donors (Lipinski definition) is 1. The number of rotatable bonds is 7. The van der Waals surface area contributed by atoms with Gasteiger partial charge in [-0.1, -0.05) is 42.1 Å². The predicted molar refractivity (Wildman–Crippen MR) is 95.6 cm³/mol. The predicted octanol–water partition coefficient (Wildman–Crippen LogP) is 1.70. The molecule has 1 atom stereocenters. The fraction of sp³-hybridized carbons (Fsp3) is 0.500. The van der Waals surface area contributed by atoms with Crippen LogP contribution in [-0.2, 0) is 22.9 Å². The summed E-state index contributed by atoms with van der Waals surface area (Å²) in [7, 11) is -2.80. The highest BCUT2D eigenvalue weighted by atomic mass is 32.2. The van der Waals surface area contributed by atoms with Crippen LogP contribution in [0.4, 0.5) is 0 Å². The third kappa shape index (κ3) is 4.37. The highest BCUT2D eigenvalue weighted by Gasteiger charge is 2.27. The maximum absolute atomic E-state index is 11.5. The highest BCUT2D eigenvalue weighted by molar-refractivity contribution is 7.99. The lowest BCUT2D eigenvalue weighted by atomic mass is 10.1. The Morgan fingerprint density at radius 3 is 2.71 bits per heavy atom. The van der Waals surface area contributed by atoms with Gasteiger partial charge in [-0.2, -0.15) is 0 Å². The van der Waals surface area contributed by atoms with Gasteiger partial charge in [0.25, 0.3) is 0 Å². The van der Waals surface area contributed by atoms with Crippen LogP contribution in [0.2, 0.25) is 0 Å². The van der Waals surface area contributed by atoms with Crippen LogP contribution in [0.15, 0.2) is 35.5 Å². The average Bonchev–Trinajstić information content (AvgIpc) is 3.11. The average molecular weight is 367 g/mol. The van der Waals surface area contributed by atoms with Gasteiger partial charge in [0, 0.05) is 5.75 Å². The molecule has 1 aromatic carbocycles. The first kappa shape index (κ1) is 17.4. The van der Waals surface area contributed by atoms with E-state index in [1.807, 2.05) is 22.8 Å². The highest BCUT2D eigenvalue weighted by Crippen LogP contribution is 2.26. The summed E-state index contributed by atoms with van der Waals surface area (Å²) >= 11 is 1.63. The monoisotopic (exact) mass is 366 g/mol. The van der Waals surface area contributed by atoms with Crippen molar-refractivity contribution < 1.29 is 8.42 Å². The quantitative estimate of drug-likeness (QED) is 0.750. The lowest BCUT2D eigenvalue weighted by molar-refractivity contribution is 0.573. The minimum Gasteiger partial charge on any atom is -0.324 e. The van der Waals surface area contributed by atoms with Gasteiger partial charge in [0.15, 0.2) is 15.0 Å². The zero-order chi connectivity index (χ0) is 17.0. The molecule has 1 fully saturated rings. The largest absolute Gasteiger partial charge is 0.324 e. The molecule has 8 heteroatoms. The van der Waals surface area contributed by atoms with Crippen molar-refractivity contribution in [3.8, 4) is 0 Å². The van der Waals surface area contributed by atoms with Gasteiger partial charge >= 0.3 is 0 Å². The number of aromatic nitrogens is 3. The van der Waals surface area contributed by atoms with Gasteiger partial charge < -0.3 is 10.3 Å². The van der Waals surface area contributed by atoms with E-state index in [4.69, 9.17) is 5.73 Å². The van der Waals surface area contributed by atoms with Crippen molar-refractivity contribution in [1.82, 2.24) is 14.8 Å². The number of hydrogen-bond acceptors (Lipinski definition) is 6. The van der Waals surface area contributed by atoms with Crippen molar-refractivity contribution in [3.63, 3.8) is 0 Å². The smallest absolute Gasteiger partial charge is 0.191 e. The first-order chi connectivity index (χ1) is 11.6. The van der Waals surface area contributed by atoms with E-state index in [-0.39, 0.29) is 5.92 Å². The maximum Gasteiger partial charge on any atom is 0.191 e. The summed E-state index contributed by atoms with van der Waals surface area (Å²) in [4.78, 5) is 0. The molecule has 0 bridgehead atoms. The number of thioether (sulfide) groups is 1. The normalized spacial score (nSPS) is 19.6. The molecule has 0 saturated carbocycles. The summed E-state index contributed by atoms with van der Waals surface area (Å²) in [6.07, 6.45) is 1.67. The van der Waals surface area contributed by atoms with E-state index in [1.165, 1.54) is 5.56 Å². The van der Waals surface area contributed by atoms with Gasteiger partial charge in [-0.25, -0.2) is 8.42 Å². The van der Waals surface area contributed by atoms with E-state index in [9.17, 15) is 8.42 Å². The Bertz CT molecular complexity index is 775. The van der Waals surface area contributed by atoms with Crippen molar-refractivity contribution in [2.75, 3.05) is 17.3 Å². The fourth-order valence-electron chi connectivity index (χ4n) is 2.92. The molecule has 3 rings (SSSR count). The second kappa shape index (κ2) is 7.67. The molecule has 0 aliphatic carbocycles. The van der Waals surface area contributed by atoms with Crippen LogP contribution >= 0.6 is 11.8 Å². The number of benzene rings is 1. The molecule has 2 aromatic rings. The molecule has 2 N–H and O–H groups in total. The topological polar surface area (TPSA) is 90.9 Å². The van der Waals surface area contributed by atoms with Crippen molar-refractivity contribution in [2.45, 2.75) is 31.1 Å². The van der Waals surface area contributed by atoms with Gasteiger partial charge in [-0.05, 0) is 24.3 Å². The van der Waals surface area contributed by atoms with Crippen LogP contribution in [0.3, 0.4) is 0 Å². The molecular weight excluding hydrogens is 344 g/mol. The zero-order valence-corrected chi connectivity index (χ0v) is 15.1. The molecule has 0 spiro atoms. The Morgan fingerprint density at radius 2 is 2.04 bits per heavy atom. The van der Waals surface area contributed by atoms with Crippen LogP contribution in [-0.4, -0.2) is 40.4 Å².